The van der Waals surface area contributed by atoms with E-state index in [2.05, 4.69) is 63.3 Å². The molecule has 1 atom stereocenters. The molecule has 0 aliphatic carbocycles. The lowest BCUT2D eigenvalue weighted by molar-refractivity contribution is 0.474. The average Bonchev–Trinajstić information content (AvgIpc) is 2.46. The van der Waals surface area contributed by atoms with E-state index in [0.717, 1.165) is 17.9 Å². The van der Waals surface area contributed by atoms with Gasteiger partial charge in [-0.3, -0.25) is 0 Å². The lowest BCUT2D eigenvalue weighted by Gasteiger charge is -2.16. The van der Waals surface area contributed by atoms with Crippen LogP contribution in [0.15, 0.2) is 36.4 Å². The summed E-state index contributed by atoms with van der Waals surface area (Å²) in [6.07, 6.45) is 1.06. The Bertz CT molecular complexity index is 615. The molecule has 2 aromatic rings. The fourth-order valence-electron chi connectivity index (χ4n) is 2.64. The maximum absolute atomic E-state index is 6.12. The first kappa shape index (κ1) is 15.6. The zero-order valence-electron chi connectivity index (χ0n) is 13.7. The zero-order chi connectivity index (χ0) is 15.4. The van der Waals surface area contributed by atoms with Crippen molar-refractivity contribution in [1.29, 1.82) is 0 Å². The Balaban J connectivity index is 2.30. The Labute approximate surface area is 128 Å². The molecule has 0 aliphatic heterocycles. The number of rotatable bonds is 5. The summed E-state index contributed by atoms with van der Waals surface area (Å²) in [5, 5.41) is 3.33. The van der Waals surface area contributed by atoms with Gasteiger partial charge >= 0.3 is 0 Å². The molecule has 2 aromatic carbocycles. The normalized spacial score (nSPS) is 12.2. The number of hydrogen-bond acceptors (Lipinski definition) is 2. The molecule has 0 fully saturated rings. The molecule has 2 nitrogen and oxygen atoms in total. The van der Waals surface area contributed by atoms with Crippen LogP contribution in [0.4, 0.5) is 0 Å². The van der Waals surface area contributed by atoms with Crippen molar-refractivity contribution in [2.45, 2.75) is 40.2 Å². The smallest absolute Gasteiger partial charge is 0.130 e. The van der Waals surface area contributed by atoms with E-state index in [0.29, 0.717) is 6.04 Å². The van der Waals surface area contributed by atoms with Crippen molar-refractivity contribution in [3.8, 4) is 11.5 Å². The standard InChI is InChI=1S/C19H25NO/c1-6-18(20-5)16-8-7-9-17(12-16)21-19-11-13(2)10-14(3)15(19)4/h7-12,18,20H,6H2,1-5H3. The minimum Gasteiger partial charge on any atom is -0.457 e. The molecule has 0 saturated carbocycles. The Morgan fingerprint density at radius 3 is 2.52 bits per heavy atom. The topological polar surface area (TPSA) is 21.3 Å². The van der Waals surface area contributed by atoms with Gasteiger partial charge in [0.2, 0.25) is 0 Å². The van der Waals surface area contributed by atoms with Gasteiger partial charge in [-0.15, -0.1) is 0 Å². The summed E-state index contributed by atoms with van der Waals surface area (Å²) in [5.74, 6) is 1.84. The fraction of sp³-hybridized carbons (Fsp3) is 0.368. The molecule has 1 unspecified atom stereocenters. The summed E-state index contributed by atoms with van der Waals surface area (Å²) in [4.78, 5) is 0. The van der Waals surface area contributed by atoms with Crippen LogP contribution >= 0.6 is 0 Å². The second-order valence-corrected chi connectivity index (χ2v) is 5.63. The van der Waals surface area contributed by atoms with Gasteiger partial charge in [0.15, 0.2) is 0 Å². The van der Waals surface area contributed by atoms with Gasteiger partial charge in [0.25, 0.3) is 0 Å². The highest BCUT2D eigenvalue weighted by Gasteiger charge is 2.09. The van der Waals surface area contributed by atoms with Crippen molar-refractivity contribution in [3.05, 3.63) is 58.7 Å². The van der Waals surface area contributed by atoms with E-state index in [4.69, 9.17) is 4.74 Å². The van der Waals surface area contributed by atoms with Gasteiger partial charge in [-0.2, -0.15) is 0 Å². The molecule has 112 valence electrons. The number of benzene rings is 2. The van der Waals surface area contributed by atoms with Gasteiger partial charge in [0.1, 0.15) is 11.5 Å². The third-order valence-corrected chi connectivity index (χ3v) is 4.01. The molecule has 0 radical (unpaired) electrons. The van der Waals surface area contributed by atoms with Gasteiger partial charge in [-0.25, -0.2) is 0 Å². The van der Waals surface area contributed by atoms with Gasteiger partial charge in [0.05, 0.1) is 0 Å². The minimum absolute atomic E-state index is 0.369. The van der Waals surface area contributed by atoms with Crippen LogP contribution in [0.2, 0.25) is 0 Å². The van der Waals surface area contributed by atoms with Crippen LogP contribution < -0.4 is 10.1 Å². The molecule has 0 aromatic heterocycles. The predicted molar refractivity (Wildman–Crippen MR) is 89.3 cm³/mol. The van der Waals surface area contributed by atoms with E-state index < -0.39 is 0 Å². The highest BCUT2D eigenvalue weighted by Crippen LogP contribution is 2.30. The first-order valence-electron chi connectivity index (χ1n) is 7.58. The van der Waals surface area contributed by atoms with E-state index >= 15 is 0 Å². The van der Waals surface area contributed by atoms with Gasteiger partial charge < -0.3 is 10.1 Å². The Morgan fingerprint density at radius 1 is 1.10 bits per heavy atom. The Morgan fingerprint density at radius 2 is 1.86 bits per heavy atom. The monoisotopic (exact) mass is 283 g/mol. The van der Waals surface area contributed by atoms with Crippen LogP contribution in [0.25, 0.3) is 0 Å². The summed E-state index contributed by atoms with van der Waals surface area (Å²) in [6.45, 7) is 8.52. The van der Waals surface area contributed by atoms with E-state index in [1.165, 1.54) is 22.3 Å². The van der Waals surface area contributed by atoms with E-state index in [9.17, 15) is 0 Å². The molecule has 21 heavy (non-hydrogen) atoms. The molecule has 0 bridgehead atoms. The van der Waals surface area contributed by atoms with Crippen LogP contribution in [0.5, 0.6) is 11.5 Å². The number of ether oxygens (including phenoxy) is 1. The van der Waals surface area contributed by atoms with Crippen LogP contribution in [0, 0.1) is 20.8 Å². The van der Waals surface area contributed by atoms with Crippen molar-refractivity contribution >= 4 is 0 Å². The lowest BCUT2D eigenvalue weighted by atomic mass is 10.0. The highest BCUT2D eigenvalue weighted by atomic mass is 16.5. The van der Waals surface area contributed by atoms with Crippen LogP contribution in [0.3, 0.4) is 0 Å². The first-order valence-corrected chi connectivity index (χ1v) is 7.58. The second kappa shape index (κ2) is 6.77. The van der Waals surface area contributed by atoms with E-state index in [1.807, 2.05) is 13.1 Å². The predicted octanol–water partition coefficient (Wildman–Crippen LogP) is 5.07. The van der Waals surface area contributed by atoms with E-state index in [-0.39, 0.29) is 0 Å². The van der Waals surface area contributed by atoms with Crippen molar-refractivity contribution in [1.82, 2.24) is 5.32 Å². The van der Waals surface area contributed by atoms with Gasteiger partial charge in [0, 0.05) is 6.04 Å². The summed E-state index contributed by atoms with van der Waals surface area (Å²) >= 11 is 0. The third kappa shape index (κ3) is 3.64. The number of nitrogens with one attached hydrogen (secondary N) is 1. The first-order chi connectivity index (χ1) is 10.0. The average molecular weight is 283 g/mol. The molecule has 2 heteroatoms. The molecule has 0 spiro atoms. The highest BCUT2D eigenvalue weighted by molar-refractivity contribution is 5.45. The minimum atomic E-state index is 0.369. The van der Waals surface area contributed by atoms with Crippen LogP contribution in [-0.4, -0.2) is 7.05 Å². The molecule has 0 heterocycles. The molecule has 2 rings (SSSR count). The molecular weight excluding hydrogens is 258 g/mol. The number of aryl methyl sites for hydroxylation is 2. The maximum atomic E-state index is 6.12. The van der Waals surface area contributed by atoms with Crippen molar-refractivity contribution in [2.24, 2.45) is 0 Å². The Hall–Kier alpha value is -1.80. The van der Waals surface area contributed by atoms with Gasteiger partial charge in [-0.05, 0) is 74.7 Å². The van der Waals surface area contributed by atoms with E-state index in [1.54, 1.807) is 0 Å². The maximum Gasteiger partial charge on any atom is 0.130 e. The quantitative estimate of drug-likeness (QED) is 0.826. The zero-order valence-corrected chi connectivity index (χ0v) is 13.7. The summed E-state index contributed by atoms with van der Waals surface area (Å²) < 4.78 is 6.12. The summed E-state index contributed by atoms with van der Waals surface area (Å²) in [5.41, 5.74) is 4.96. The van der Waals surface area contributed by atoms with Crippen molar-refractivity contribution in [2.75, 3.05) is 7.05 Å². The summed E-state index contributed by atoms with van der Waals surface area (Å²) in [6, 6.07) is 13.0. The molecule has 1 N–H and O–H groups in total. The SMILES string of the molecule is CCC(NC)c1cccc(Oc2cc(C)cc(C)c2C)c1. The lowest BCUT2D eigenvalue weighted by Crippen LogP contribution is -2.15. The fourth-order valence-corrected chi connectivity index (χ4v) is 2.64. The Kier molecular flexibility index (Phi) is 5.03. The van der Waals surface area contributed by atoms with Crippen LogP contribution in [-0.2, 0) is 0 Å². The second-order valence-electron chi connectivity index (χ2n) is 5.63. The van der Waals surface area contributed by atoms with Crippen molar-refractivity contribution in [3.63, 3.8) is 0 Å². The largest absolute Gasteiger partial charge is 0.457 e. The van der Waals surface area contributed by atoms with Gasteiger partial charge in [-0.1, -0.05) is 25.1 Å². The number of hydrogen-bond donors (Lipinski definition) is 1. The molecule has 0 amide bonds. The molecule has 0 saturated heterocycles. The molecule has 0 aliphatic rings. The molecular formula is C19H25NO. The van der Waals surface area contributed by atoms with Crippen LogP contribution in [0.1, 0.15) is 41.6 Å². The summed E-state index contributed by atoms with van der Waals surface area (Å²) in [7, 11) is 2.00. The third-order valence-electron chi connectivity index (χ3n) is 4.01. The van der Waals surface area contributed by atoms with Crippen molar-refractivity contribution < 1.29 is 4.74 Å².